The van der Waals surface area contributed by atoms with E-state index in [-0.39, 0.29) is 11.9 Å². The summed E-state index contributed by atoms with van der Waals surface area (Å²) in [7, 11) is 0. The Bertz CT molecular complexity index is 1020. The van der Waals surface area contributed by atoms with Crippen LogP contribution in [0.4, 0.5) is 18.9 Å². The number of nitrogens with one attached hydrogen (secondary N) is 3. The van der Waals surface area contributed by atoms with Gasteiger partial charge < -0.3 is 20.7 Å². The van der Waals surface area contributed by atoms with Crippen molar-refractivity contribution in [3.63, 3.8) is 0 Å². The van der Waals surface area contributed by atoms with Crippen LogP contribution in [0.25, 0.3) is 10.9 Å². The van der Waals surface area contributed by atoms with Crippen molar-refractivity contribution < 1.29 is 27.9 Å². The van der Waals surface area contributed by atoms with Gasteiger partial charge in [-0.1, -0.05) is 23.4 Å². The highest BCUT2D eigenvalue weighted by Crippen LogP contribution is 2.24. The number of H-pyrrole nitrogens is 1. The molecule has 1 saturated heterocycles. The minimum absolute atomic E-state index is 0.182. The predicted molar refractivity (Wildman–Crippen MR) is 101 cm³/mol. The van der Waals surface area contributed by atoms with Gasteiger partial charge in [-0.15, -0.1) is 5.10 Å². The molecule has 1 aromatic carbocycles. The number of nitrogens with zero attached hydrogens (tertiary/aromatic N) is 3. The number of amides is 1. The first-order valence-electron chi connectivity index (χ1n) is 9.06. The summed E-state index contributed by atoms with van der Waals surface area (Å²) in [5.74, 6) is -2.94. The van der Waals surface area contributed by atoms with E-state index in [4.69, 9.17) is 9.90 Å². The molecule has 0 bridgehead atoms. The molecule has 9 nitrogen and oxygen atoms in total. The molecule has 1 amide bonds. The molecule has 1 fully saturated rings. The number of piperidine rings is 1. The highest BCUT2D eigenvalue weighted by molar-refractivity contribution is 6.08. The van der Waals surface area contributed by atoms with Gasteiger partial charge in [0.15, 0.2) is 0 Å². The van der Waals surface area contributed by atoms with Gasteiger partial charge in [0.2, 0.25) is 0 Å². The first-order valence-corrected chi connectivity index (χ1v) is 9.06. The predicted octanol–water partition coefficient (Wildman–Crippen LogP) is 2.57. The number of aliphatic carboxylic acids is 1. The minimum Gasteiger partial charge on any atom is -0.475 e. The second-order valence-electron chi connectivity index (χ2n) is 6.55. The van der Waals surface area contributed by atoms with Crippen LogP contribution in [0.1, 0.15) is 29.4 Å². The zero-order valence-corrected chi connectivity index (χ0v) is 15.6. The van der Waals surface area contributed by atoms with Crippen LogP contribution in [0.2, 0.25) is 0 Å². The molecule has 3 heterocycles. The number of alkyl halides is 3. The Kier molecular flexibility index (Phi) is 6.35. The molecule has 0 unspecified atom stereocenters. The first kappa shape index (κ1) is 21.3. The topological polar surface area (TPSA) is 125 Å². The summed E-state index contributed by atoms with van der Waals surface area (Å²) >= 11 is 0. The van der Waals surface area contributed by atoms with E-state index >= 15 is 0 Å². The maximum atomic E-state index is 12.6. The SMILES string of the molecule is O=C(Nc1c[nH]c2ccccc12)c1cnnn1C1CCNCC1.O=C(O)C(F)(F)F. The molecule has 0 radical (unpaired) electrons. The molecule has 0 spiro atoms. The van der Waals surface area contributed by atoms with Crippen molar-refractivity contribution in [2.24, 2.45) is 0 Å². The Morgan fingerprint density at radius 2 is 1.87 bits per heavy atom. The van der Waals surface area contributed by atoms with Crippen LogP contribution in [0, 0.1) is 0 Å². The molecular weight excluding hydrogens is 405 g/mol. The average Bonchev–Trinajstić information content (AvgIpc) is 3.36. The lowest BCUT2D eigenvalue weighted by atomic mass is 10.1. The summed E-state index contributed by atoms with van der Waals surface area (Å²) < 4.78 is 33.5. The van der Waals surface area contributed by atoms with Crippen LogP contribution in [-0.4, -0.2) is 56.2 Å². The number of halogens is 3. The molecule has 0 atom stereocenters. The number of carboxylic acid groups (broad SMARTS) is 1. The van der Waals surface area contributed by atoms with E-state index in [9.17, 15) is 18.0 Å². The van der Waals surface area contributed by atoms with E-state index in [0.717, 1.165) is 42.5 Å². The monoisotopic (exact) mass is 424 g/mol. The summed E-state index contributed by atoms with van der Waals surface area (Å²) in [4.78, 5) is 24.7. The van der Waals surface area contributed by atoms with Crippen LogP contribution in [0.3, 0.4) is 0 Å². The molecule has 4 rings (SSSR count). The third-order valence-corrected chi connectivity index (χ3v) is 4.54. The number of anilines is 1. The number of rotatable bonds is 3. The van der Waals surface area contributed by atoms with Gasteiger partial charge in [0.25, 0.3) is 5.91 Å². The Morgan fingerprint density at radius 1 is 1.20 bits per heavy atom. The molecule has 30 heavy (non-hydrogen) atoms. The third kappa shape index (κ3) is 4.95. The van der Waals surface area contributed by atoms with Crippen LogP contribution < -0.4 is 10.6 Å². The number of hydrogen-bond acceptors (Lipinski definition) is 5. The van der Waals surface area contributed by atoms with Crippen molar-refractivity contribution >= 4 is 28.5 Å². The largest absolute Gasteiger partial charge is 0.490 e. The minimum atomic E-state index is -5.08. The van der Waals surface area contributed by atoms with E-state index in [0.29, 0.717) is 5.69 Å². The first-order chi connectivity index (χ1) is 14.3. The second kappa shape index (κ2) is 8.95. The molecule has 0 saturated carbocycles. The number of aromatic nitrogens is 4. The summed E-state index contributed by atoms with van der Waals surface area (Å²) in [5.41, 5.74) is 2.26. The fraction of sp³-hybridized carbons (Fsp3) is 0.333. The number of carboxylic acids is 1. The quantitative estimate of drug-likeness (QED) is 0.512. The number of benzene rings is 1. The van der Waals surface area contributed by atoms with E-state index in [2.05, 4.69) is 25.9 Å². The lowest BCUT2D eigenvalue weighted by Crippen LogP contribution is -2.31. The number of hydrogen-bond donors (Lipinski definition) is 4. The summed E-state index contributed by atoms with van der Waals surface area (Å²) in [6.45, 7) is 1.88. The van der Waals surface area contributed by atoms with Gasteiger partial charge in [-0.3, -0.25) is 4.79 Å². The van der Waals surface area contributed by atoms with Gasteiger partial charge in [0, 0.05) is 17.1 Å². The number of carbonyl (C=O) groups excluding carboxylic acids is 1. The highest BCUT2D eigenvalue weighted by atomic mass is 19.4. The number of fused-ring (bicyclic) bond motifs is 1. The van der Waals surface area contributed by atoms with E-state index in [1.807, 2.05) is 24.3 Å². The highest BCUT2D eigenvalue weighted by Gasteiger charge is 2.38. The van der Waals surface area contributed by atoms with Crippen molar-refractivity contribution in [1.29, 1.82) is 0 Å². The zero-order valence-electron chi connectivity index (χ0n) is 15.6. The molecule has 4 N–H and O–H groups in total. The second-order valence-corrected chi connectivity index (χ2v) is 6.55. The molecule has 1 aliphatic rings. The Morgan fingerprint density at radius 3 is 2.53 bits per heavy atom. The number of aromatic amines is 1. The maximum absolute atomic E-state index is 12.6. The maximum Gasteiger partial charge on any atom is 0.490 e. The summed E-state index contributed by atoms with van der Waals surface area (Å²) in [6.07, 6.45) is 0.168. The van der Waals surface area contributed by atoms with Crippen LogP contribution in [-0.2, 0) is 4.79 Å². The Hall–Kier alpha value is -3.41. The van der Waals surface area contributed by atoms with Gasteiger partial charge in [0.05, 0.1) is 17.9 Å². The van der Waals surface area contributed by atoms with Crippen molar-refractivity contribution in [2.45, 2.75) is 25.1 Å². The Balaban J connectivity index is 0.000000318. The van der Waals surface area contributed by atoms with Crippen LogP contribution >= 0.6 is 0 Å². The van der Waals surface area contributed by atoms with Crippen molar-refractivity contribution in [1.82, 2.24) is 25.3 Å². The molecule has 2 aromatic heterocycles. The van der Waals surface area contributed by atoms with Gasteiger partial charge in [0.1, 0.15) is 5.69 Å². The number of para-hydroxylation sites is 1. The zero-order chi connectivity index (χ0) is 21.7. The fourth-order valence-corrected chi connectivity index (χ4v) is 3.09. The van der Waals surface area contributed by atoms with Crippen molar-refractivity contribution in [2.75, 3.05) is 18.4 Å². The summed E-state index contributed by atoms with van der Waals surface area (Å²) in [6, 6.07) is 8.09. The molecule has 160 valence electrons. The van der Waals surface area contributed by atoms with E-state index in [1.165, 1.54) is 6.20 Å². The standard InChI is InChI=1S/C16H18N6O.C2HF3O2/c23-16(20-14-9-18-13-4-2-1-3-12(13)14)15-10-19-21-22(15)11-5-7-17-8-6-11;3-2(4,5)1(6)7/h1-4,9-11,17-18H,5-8H2,(H,20,23);(H,6,7). The normalized spacial score (nSPS) is 14.8. The third-order valence-electron chi connectivity index (χ3n) is 4.54. The molecule has 0 aliphatic carbocycles. The van der Waals surface area contributed by atoms with Gasteiger partial charge in [-0.25, -0.2) is 9.48 Å². The lowest BCUT2D eigenvalue weighted by Gasteiger charge is -2.23. The van der Waals surface area contributed by atoms with Crippen LogP contribution in [0.5, 0.6) is 0 Å². The van der Waals surface area contributed by atoms with Gasteiger partial charge >= 0.3 is 12.1 Å². The van der Waals surface area contributed by atoms with Crippen molar-refractivity contribution in [3.05, 3.63) is 42.4 Å². The molecule has 12 heteroatoms. The fourth-order valence-electron chi connectivity index (χ4n) is 3.09. The van der Waals surface area contributed by atoms with Crippen LogP contribution in [0.15, 0.2) is 36.7 Å². The van der Waals surface area contributed by atoms with E-state index < -0.39 is 12.1 Å². The average molecular weight is 424 g/mol. The number of carbonyl (C=O) groups is 2. The Labute approximate surface area is 168 Å². The van der Waals surface area contributed by atoms with E-state index in [1.54, 1.807) is 10.9 Å². The van der Waals surface area contributed by atoms with Gasteiger partial charge in [-0.05, 0) is 32.0 Å². The lowest BCUT2D eigenvalue weighted by molar-refractivity contribution is -0.192. The summed E-state index contributed by atoms with van der Waals surface area (Å²) in [5, 5.41) is 22.4. The smallest absolute Gasteiger partial charge is 0.475 e. The molecule has 3 aromatic rings. The van der Waals surface area contributed by atoms with Gasteiger partial charge in [-0.2, -0.15) is 13.2 Å². The molecular formula is C18H19F3N6O3. The molecule has 1 aliphatic heterocycles. The van der Waals surface area contributed by atoms with Crippen molar-refractivity contribution in [3.8, 4) is 0 Å².